The van der Waals surface area contributed by atoms with Crippen molar-refractivity contribution in [1.29, 1.82) is 0 Å². The lowest BCUT2D eigenvalue weighted by atomic mass is 10.1. The molecule has 1 atom stereocenters. The fourth-order valence-electron chi connectivity index (χ4n) is 3.30. The Kier molecular flexibility index (Phi) is 4.89. The van der Waals surface area contributed by atoms with Gasteiger partial charge in [-0.15, -0.1) is 0 Å². The van der Waals surface area contributed by atoms with E-state index in [1.807, 2.05) is 42.5 Å². The van der Waals surface area contributed by atoms with E-state index in [0.717, 1.165) is 15.3 Å². The van der Waals surface area contributed by atoms with E-state index in [9.17, 15) is 14.7 Å². The highest BCUT2D eigenvalue weighted by Crippen LogP contribution is 2.21. The monoisotopic (exact) mass is 414 g/mol. The summed E-state index contributed by atoms with van der Waals surface area (Å²) in [6.07, 6.45) is -0.946. The van der Waals surface area contributed by atoms with Crippen molar-refractivity contribution in [1.82, 2.24) is 18.7 Å². The molecule has 0 saturated carbocycles. The first-order chi connectivity index (χ1) is 13.9. The van der Waals surface area contributed by atoms with Crippen molar-refractivity contribution in [3.8, 4) is 5.75 Å². The first-order valence-corrected chi connectivity index (χ1v) is 9.36. The van der Waals surface area contributed by atoms with Gasteiger partial charge in [0.2, 0.25) is 5.28 Å². The summed E-state index contributed by atoms with van der Waals surface area (Å²) < 4.78 is 9.33. The average Bonchev–Trinajstić information content (AvgIpc) is 3.05. The Hall–Kier alpha value is -3.10. The van der Waals surface area contributed by atoms with E-state index < -0.39 is 17.4 Å². The lowest BCUT2D eigenvalue weighted by Crippen LogP contribution is -2.38. The Morgan fingerprint density at radius 1 is 1.10 bits per heavy atom. The lowest BCUT2D eigenvalue weighted by Gasteiger charge is -2.14. The molecule has 0 bridgehead atoms. The predicted octanol–water partition coefficient (Wildman–Crippen LogP) is 1.68. The summed E-state index contributed by atoms with van der Waals surface area (Å²) in [6, 6.07) is 13.6. The lowest BCUT2D eigenvalue weighted by molar-refractivity contribution is 0.0935. The number of fused-ring (bicyclic) bond motifs is 2. The Morgan fingerprint density at radius 2 is 1.83 bits per heavy atom. The average molecular weight is 415 g/mol. The van der Waals surface area contributed by atoms with Gasteiger partial charge in [0.1, 0.15) is 18.5 Å². The first-order valence-electron chi connectivity index (χ1n) is 8.98. The third-order valence-corrected chi connectivity index (χ3v) is 5.15. The number of ether oxygens (including phenoxy) is 1. The smallest absolute Gasteiger partial charge is 0.332 e. The third kappa shape index (κ3) is 3.41. The van der Waals surface area contributed by atoms with Crippen LogP contribution in [0.2, 0.25) is 5.28 Å². The van der Waals surface area contributed by atoms with Crippen LogP contribution in [-0.4, -0.2) is 36.5 Å². The van der Waals surface area contributed by atoms with Crippen molar-refractivity contribution in [2.75, 3.05) is 6.61 Å². The zero-order valence-corrected chi connectivity index (χ0v) is 16.6. The summed E-state index contributed by atoms with van der Waals surface area (Å²) in [4.78, 5) is 28.7. The largest absolute Gasteiger partial charge is 0.491 e. The number of hydrogen-bond donors (Lipinski definition) is 1. The zero-order valence-electron chi connectivity index (χ0n) is 15.9. The summed E-state index contributed by atoms with van der Waals surface area (Å²) in [5.41, 5.74) is -0.691. The van der Waals surface area contributed by atoms with E-state index in [4.69, 9.17) is 16.3 Å². The highest BCUT2D eigenvalue weighted by molar-refractivity contribution is 6.29. The number of hydrogen-bond acceptors (Lipinski definition) is 5. The van der Waals surface area contributed by atoms with E-state index in [1.54, 1.807) is 0 Å². The van der Waals surface area contributed by atoms with Crippen LogP contribution in [0.15, 0.2) is 52.1 Å². The van der Waals surface area contributed by atoms with Gasteiger partial charge in [0.15, 0.2) is 11.2 Å². The molecule has 2 aromatic heterocycles. The standard InChI is InChI=1S/C20H19ClN4O4/c1-23-17-16(18(27)24(2)20(23)28)25(19(21)22-17)10-14(26)11-29-15-8-7-12-5-3-4-6-13(12)9-15/h3-9,14,26H,10-11H2,1-2H3. The Bertz CT molecular complexity index is 1340. The second-order valence-corrected chi connectivity index (χ2v) is 7.18. The summed E-state index contributed by atoms with van der Waals surface area (Å²) in [5, 5.41) is 12.6. The number of rotatable bonds is 5. The normalized spacial score (nSPS) is 12.6. The molecule has 0 fully saturated rings. The second-order valence-electron chi connectivity index (χ2n) is 6.84. The molecule has 8 nitrogen and oxygen atoms in total. The summed E-state index contributed by atoms with van der Waals surface area (Å²) >= 11 is 6.18. The van der Waals surface area contributed by atoms with Crippen LogP contribution in [0.4, 0.5) is 0 Å². The molecule has 2 aromatic carbocycles. The summed E-state index contributed by atoms with van der Waals surface area (Å²) in [6.45, 7) is -0.00319. The van der Waals surface area contributed by atoms with Gasteiger partial charge in [-0.3, -0.25) is 13.9 Å². The topological polar surface area (TPSA) is 91.3 Å². The first kappa shape index (κ1) is 19.2. The SMILES string of the molecule is Cn1c(=O)c2c(nc(Cl)n2CC(O)COc2ccc3ccccc3c2)n(C)c1=O. The van der Waals surface area contributed by atoms with Gasteiger partial charge in [-0.05, 0) is 34.5 Å². The molecule has 9 heteroatoms. The number of aromatic nitrogens is 4. The molecule has 0 spiro atoms. The molecule has 0 radical (unpaired) electrons. The summed E-state index contributed by atoms with van der Waals surface area (Å²) in [7, 11) is 2.89. The van der Waals surface area contributed by atoms with Gasteiger partial charge < -0.3 is 14.4 Å². The Morgan fingerprint density at radius 3 is 2.59 bits per heavy atom. The Balaban J connectivity index is 1.57. The number of aliphatic hydroxyl groups excluding tert-OH is 1. The molecule has 29 heavy (non-hydrogen) atoms. The van der Waals surface area contributed by atoms with Crippen molar-refractivity contribution in [3.63, 3.8) is 0 Å². The number of aliphatic hydroxyl groups is 1. The molecule has 0 aliphatic carbocycles. The molecule has 0 aliphatic heterocycles. The van der Waals surface area contributed by atoms with Crippen molar-refractivity contribution >= 4 is 33.5 Å². The van der Waals surface area contributed by atoms with Crippen LogP contribution in [0, 0.1) is 0 Å². The fraction of sp³-hybridized carbons (Fsp3) is 0.250. The number of aryl methyl sites for hydroxylation is 1. The van der Waals surface area contributed by atoms with Crippen LogP contribution in [-0.2, 0) is 20.6 Å². The molecule has 4 aromatic rings. The van der Waals surface area contributed by atoms with Crippen molar-refractivity contribution < 1.29 is 9.84 Å². The molecular formula is C20H19ClN4O4. The van der Waals surface area contributed by atoms with Crippen LogP contribution in [0.1, 0.15) is 0 Å². The second kappa shape index (κ2) is 7.38. The third-order valence-electron chi connectivity index (χ3n) is 4.86. The fourth-order valence-corrected chi connectivity index (χ4v) is 3.53. The van der Waals surface area contributed by atoms with Crippen LogP contribution >= 0.6 is 11.6 Å². The molecule has 1 N–H and O–H groups in total. The van der Waals surface area contributed by atoms with Gasteiger partial charge in [-0.2, -0.15) is 4.98 Å². The molecule has 2 heterocycles. The molecule has 0 saturated heterocycles. The molecule has 0 amide bonds. The highest BCUT2D eigenvalue weighted by atomic mass is 35.5. The number of imidazole rings is 1. The van der Waals surface area contributed by atoms with Gasteiger partial charge in [-0.25, -0.2) is 4.79 Å². The molecular weight excluding hydrogens is 396 g/mol. The van der Waals surface area contributed by atoms with Crippen LogP contribution in [0.5, 0.6) is 5.75 Å². The predicted molar refractivity (Wildman–Crippen MR) is 111 cm³/mol. The van der Waals surface area contributed by atoms with Gasteiger partial charge in [0, 0.05) is 14.1 Å². The molecule has 0 aliphatic rings. The number of benzene rings is 2. The molecule has 1 unspecified atom stereocenters. The summed E-state index contributed by atoms with van der Waals surface area (Å²) in [5.74, 6) is 0.627. The zero-order chi connectivity index (χ0) is 20.7. The quantitative estimate of drug-likeness (QED) is 0.502. The van der Waals surface area contributed by atoms with Crippen molar-refractivity contribution in [3.05, 3.63) is 68.6 Å². The van der Waals surface area contributed by atoms with E-state index in [2.05, 4.69) is 4.98 Å². The van der Waals surface area contributed by atoms with Gasteiger partial charge in [0.25, 0.3) is 5.56 Å². The van der Waals surface area contributed by atoms with Crippen LogP contribution in [0.3, 0.4) is 0 Å². The number of nitrogens with zero attached hydrogens (tertiary/aromatic N) is 4. The molecule has 4 rings (SSSR count). The van der Waals surface area contributed by atoms with Crippen LogP contribution in [0.25, 0.3) is 21.9 Å². The number of halogens is 1. The minimum atomic E-state index is -0.946. The maximum Gasteiger partial charge on any atom is 0.332 e. The van der Waals surface area contributed by atoms with Gasteiger partial charge in [0.05, 0.1) is 6.54 Å². The van der Waals surface area contributed by atoms with Crippen molar-refractivity contribution in [2.24, 2.45) is 14.1 Å². The Labute approximate surface area is 170 Å². The van der Waals surface area contributed by atoms with Crippen LogP contribution < -0.4 is 16.0 Å². The highest BCUT2D eigenvalue weighted by Gasteiger charge is 2.20. The van der Waals surface area contributed by atoms with E-state index in [1.165, 1.54) is 23.2 Å². The molecule has 150 valence electrons. The van der Waals surface area contributed by atoms with Gasteiger partial charge in [-0.1, -0.05) is 30.3 Å². The minimum absolute atomic E-state index is 0.000419. The maximum atomic E-state index is 12.5. The minimum Gasteiger partial charge on any atom is -0.491 e. The van der Waals surface area contributed by atoms with Crippen molar-refractivity contribution in [2.45, 2.75) is 12.6 Å². The van der Waals surface area contributed by atoms with E-state index in [-0.39, 0.29) is 29.6 Å². The van der Waals surface area contributed by atoms with E-state index >= 15 is 0 Å². The van der Waals surface area contributed by atoms with Gasteiger partial charge >= 0.3 is 5.69 Å². The van der Waals surface area contributed by atoms with E-state index in [0.29, 0.717) is 5.75 Å². The maximum absolute atomic E-state index is 12.5.